The zero-order valence-corrected chi connectivity index (χ0v) is 10.4. The smallest absolute Gasteiger partial charge is 0.0192 e. The monoisotopic (exact) mass is 198 g/mol. The molecule has 3 atom stereocenters. The van der Waals surface area contributed by atoms with Gasteiger partial charge in [0.25, 0.3) is 0 Å². The van der Waals surface area contributed by atoms with E-state index in [-0.39, 0.29) is 0 Å². The predicted octanol–water partition coefficient (Wildman–Crippen LogP) is 1.96. The maximum atomic E-state index is 3.51. The summed E-state index contributed by atoms with van der Waals surface area (Å²) in [6.45, 7) is 15.2. The fourth-order valence-corrected chi connectivity index (χ4v) is 2.07. The lowest BCUT2D eigenvalue weighted by Crippen LogP contribution is -2.41. The lowest BCUT2D eigenvalue weighted by Gasteiger charge is -2.25. The molecule has 1 aliphatic rings. The van der Waals surface area contributed by atoms with E-state index < -0.39 is 0 Å². The fourth-order valence-electron chi connectivity index (χ4n) is 2.07. The number of nitrogens with zero attached hydrogens (tertiary/aromatic N) is 1. The van der Waals surface area contributed by atoms with Crippen LogP contribution in [0.5, 0.6) is 0 Å². The number of hydrogen-bond acceptors (Lipinski definition) is 2. The Morgan fingerprint density at radius 2 is 1.64 bits per heavy atom. The van der Waals surface area contributed by atoms with E-state index in [1.54, 1.807) is 0 Å². The van der Waals surface area contributed by atoms with Crippen LogP contribution < -0.4 is 5.32 Å². The topological polar surface area (TPSA) is 15.3 Å². The summed E-state index contributed by atoms with van der Waals surface area (Å²) in [5, 5.41) is 3.51. The molecule has 0 spiro atoms. The first-order valence-electron chi connectivity index (χ1n) is 5.98. The normalized spacial score (nSPS) is 31.3. The highest BCUT2D eigenvalue weighted by Crippen LogP contribution is 2.23. The molecule has 0 aromatic carbocycles. The van der Waals surface area contributed by atoms with E-state index in [4.69, 9.17) is 0 Å². The van der Waals surface area contributed by atoms with Crippen molar-refractivity contribution in [1.82, 2.24) is 10.2 Å². The molecule has 0 saturated carbocycles. The van der Waals surface area contributed by atoms with Crippen molar-refractivity contribution in [3.63, 3.8) is 0 Å². The molecule has 3 unspecified atom stereocenters. The van der Waals surface area contributed by atoms with E-state index in [0.29, 0.717) is 12.1 Å². The Kier molecular flexibility index (Phi) is 4.39. The SMILES string of the molecule is CC(C)NCC(C)N1CC(C)C(C)C1. The van der Waals surface area contributed by atoms with Crippen molar-refractivity contribution in [3.05, 3.63) is 0 Å². The van der Waals surface area contributed by atoms with Gasteiger partial charge in [0.15, 0.2) is 0 Å². The quantitative estimate of drug-likeness (QED) is 0.743. The first-order valence-corrected chi connectivity index (χ1v) is 5.98. The molecule has 1 N–H and O–H groups in total. The molecule has 2 nitrogen and oxygen atoms in total. The third kappa shape index (κ3) is 3.25. The summed E-state index contributed by atoms with van der Waals surface area (Å²) in [7, 11) is 0. The lowest BCUT2D eigenvalue weighted by molar-refractivity contribution is 0.238. The van der Waals surface area contributed by atoms with Gasteiger partial charge in [-0.1, -0.05) is 27.7 Å². The maximum Gasteiger partial charge on any atom is 0.0192 e. The summed E-state index contributed by atoms with van der Waals surface area (Å²) < 4.78 is 0. The van der Waals surface area contributed by atoms with Crippen LogP contribution in [0.25, 0.3) is 0 Å². The average molecular weight is 198 g/mol. The Hall–Kier alpha value is -0.0800. The van der Waals surface area contributed by atoms with Gasteiger partial charge < -0.3 is 5.32 Å². The van der Waals surface area contributed by atoms with Gasteiger partial charge >= 0.3 is 0 Å². The summed E-state index contributed by atoms with van der Waals surface area (Å²) in [5.74, 6) is 1.74. The van der Waals surface area contributed by atoms with Gasteiger partial charge in [-0.2, -0.15) is 0 Å². The maximum absolute atomic E-state index is 3.51. The first kappa shape index (κ1) is 12.0. The predicted molar refractivity (Wildman–Crippen MR) is 62.5 cm³/mol. The minimum atomic E-state index is 0.606. The van der Waals surface area contributed by atoms with E-state index >= 15 is 0 Å². The summed E-state index contributed by atoms with van der Waals surface area (Å²) in [4.78, 5) is 2.62. The van der Waals surface area contributed by atoms with Gasteiger partial charge in [0.05, 0.1) is 0 Å². The van der Waals surface area contributed by atoms with Crippen molar-refractivity contribution in [2.45, 2.75) is 46.7 Å². The Bertz CT molecular complexity index is 158. The van der Waals surface area contributed by atoms with Crippen LogP contribution >= 0.6 is 0 Å². The molecule has 2 heteroatoms. The van der Waals surface area contributed by atoms with Gasteiger partial charge in [-0.25, -0.2) is 0 Å². The van der Waals surface area contributed by atoms with Crippen LogP contribution in [0.1, 0.15) is 34.6 Å². The molecule has 1 rings (SSSR count). The highest BCUT2D eigenvalue weighted by Gasteiger charge is 2.28. The molecule has 0 bridgehead atoms. The molecule has 1 aliphatic heterocycles. The highest BCUT2D eigenvalue weighted by molar-refractivity contribution is 4.82. The van der Waals surface area contributed by atoms with Crippen molar-refractivity contribution in [3.8, 4) is 0 Å². The molecule has 1 heterocycles. The number of likely N-dealkylation sites (tertiary alicyclic amines) is 1. The highest BCUT2D eigenvalue weighted by atomic mass is 15.2. The Morgan fingerprint density at radius 1 is 1.14 bits per heavy atom. The largest absolute Gasteiger partial charge is 0.313 e. The van der Waals surface area contributed by atoms with Crippen LogP contribution in [-0.2, 0) is 0 Å². The molecule has 0 aromatic heterocycles. The standard InChI is InChI=1S/C12H26N2/c1-9(2)13-6-12(5)14-7-10(3)11(4)8-14/h9-13H,6-8H2,1-5H3. The third-order valence-electron chi connectivity index (χ3n) is 3.46. The number of rotatable bonds is 4. The summed E-state index contributed by atoms with van der Waals surface area (Å²) >= 11 is 0. The van der Waals surface area contributed by atoms with E-state index in [9.17, 15) is 0 Å². The van der Waals surface area contributed by atoms with Crippen LogP contribution in [0.15, 0.2) is 0 Å². The minimum absolute atomic E-state index is 0.606. The molecule has 0 amide bonds. The summed E-state index contributed by atoms with van der Waals surface area (Å²) in [5.41, 5.74) is 0. The molecule has 84 valence electrons. The van der Waals surface area contributed by atoms with E-state index in [0.717, 1.165) is 18.4 Å². The van der Waals surface area contributed by atoms with Crippen molar-refractivity contribution in [2.75, 3.05) is 19.6 Å². The van der Waals surface area contributed by atoms with Crippen LogP contribution in [0, 0.1) is 11.8 Å². The van der Waals surface area contributed by atoms with Gasteiger partial charge in [-0.05, 0) is 18.8 Å². The summed E-state index contributed by atoms with van der Waals surface area (Å²) in [6, 6.07) is 1.29. The Balaban J connectivity index is 2.28. The van der Waals surface area contributed by atoms with Crippen LogP contribution in [0.3, 0.4) is 0 Å². The Labute approximate surface area is 89.1 Å². The van der Waals surface area contributed by atoms with Crippen molar-refractivity contribution in [1.29, 1.82) is 0 Å². The molecule has 14 heavy (non-hydrogen) atoms. The minimum Gasteiger partial charge on any atom is -0.313 e. The van der Waals surface area contributed by atoms with Gasteiger partial charge in [0.1, 0.15) is 0 Å². The first-order chi connectivity index (χ1) is 6.50. The average Bonchev–Trinajstić information content (AvgIpc) is 2.43. The van der Waals surface area contributed by atoms with Gasteiger partial charge in [0, 0.05) is 31.7 Å². The molecule has 1 saturated heterocycles. The van der Waals surface area contributed by atoms with Crippen molar-refractivity contribution >= 4 is 0 Å². The van der Waals surface area contributed by atoms with Gasteiger partial charge in [-0.15, -0.1) is 0 Å². The second kappa shape index (κ2) is 5.13. The van der Waals surface area contributed by atoms with E-state index in [2.05, 4.69) is 44.8 Å². The van der Waals surface area contributed by atoms with Crippen molar-refractivity contribution in [2.24, 2.45) is 11.8 Å². The van der Waals surface area contributed by atoms with Crippen LogP contribution in [0.2, 0.25) is 0 Å². The molecule has 0 radical (unpaired) electrons. The molecule has 1 fully saturated rings. The number of hydrogen-bond donors (Lipinski definition) is 1. The summed E-state index contributed by atoms with van der Waals surface area (Å²) in [6.07, 6.45) is 0. The third-order valence-corrected chi connectivity index (χ3v) is 3.46. The zero-order chi connectivity index (χ0) is 10.7. The second-order valence-corrected chi connectivity index (χ2v) is 5.32. The van der Waals surface area contributed by atoms with E-state index in [1.165, 1.54) is 13.1 Å². The van der Waals surface area contributed by atoms with Crippen molar-refractivity contribution < 1.29 is 0 Å². The van der Waals surface area contributed by atoms with E-state index in [1.807, 2.05) is 0 Å². The molecular weight excluding hydrogens is 172 g/mol. The number of nitrogens with one attached hydrogen (secondary N) is 1. The zero-order valence-electron chi connectivity index (χ0n) is 10.4. The molecule has 0 aromatic rings. The van der Waals surface area contributed by atoms with Crippen LogP contribution in [0.4, 0.5) is 0 Å². The fraction of sp³-hybridized carbons (Fsp3) is 1.00. The van der Waals surface area contributed by atoms with Gasteiger partial charge in [-0.3, -0.25) is 4.90 Å². The Morgan fingerprint density at radius 3 is 2.07 bits per heavy atom. The second-order valence-electron chi connectivity index (χ2n) is 5.32. The van der Waals surface area contributed by atoms with Gasteiger partial charge in [0.2, 0.25) is 0 Å². The van der Waals surface area contributed by atoms with Crippen LogP contribution in [-0.4, -0.2) is 36.6 Å². The molecule has 0 aliphatic carbocycles. The molecular formula is C12H26N2. The lowest BCUT2D eigenvalue weighted by atomic mass is 10.0.